The molecule has 0 bridgehead atoms. The van der Waals surface area contributed by atoms with E-state index in [1.54, 1.807) is 4.68 Å². The van der Waals surface area contributed by atoms with E-state index in [-0.39, 0.29) is 23.7 Å². The molecule has 2 N–H and O–H groups in total. The molecule has 1 amide bonds. The third-order valence-corrected chi connectivity index (χ3v) is 4.61. The zero-order chi connectivity index (χ0) is 16.3. The summed E-state index contributed by atoms with van der Waals surface area (Å²) in [6, 6.07) is 11.7. The predicted octanol–water partition coefficient (Wildman–Crippen LogP) is 2.72. The lowest BCUT2D eigenvalue weighted by Gasteiger charge is -2.34. The lowest BCUT2D eigenvalue weighted by molar-refractivity contribution is 0.0917. The van der Waals surface area contributed by atoms with Crippen molar-refractivity contribution in [2.45, 2.75) is 26.7 Å². The summed E-state index contributed by atoms with van der Waals surface area (Å²) in [6.07, 6.45) is 2.18. The Morgan fingerprint density at radius 2 is 1.96 bits per heavy atom. The van der Waals surface area contributed by atoms with Gasteiger partial charge in [-0.15, -0.1) is 12.4 Å². The molecule has 1 saturated heterocycles. The molecular formula is C18H25ClN4O. The SMILES string of the molecule is Cc1cc(C(=O)NCC2(C)CCNCC2)nn1-c1ccccc1.Cl. The minimum atomic E-state index is -0.0949. The van der Waals surface area contributed by atoms with Crippen LogP contribution in [0.3, 0.4) is 0 Å². The fourth-order valence-electron chi connectivity index (χ4n) is 3.01. The van der Waals surface area contributed by atoms with Gasteiger partial charge in [-0.25, -0.2) is 4.68 Å². The van der Waals surface area contributed by atoms with Gasteiger partial charge in [0, 0.05) is 12.2 Å². The lowest BCUT2D eigenvalue weighted by atomic mass is 9.81. The van der Waals surface area contributed by atoms with Crippen molar-refractivity contribution in [1.82, 2.24) is 20.4 Å². The van der Waals surface area contributed by atoms with E-state index in [1.165, 1.54) is 0 Å². The van der Waals surface area contributed by atoms with Crippen molar-refractivity contribution < 1.29 is 4.79 Å². The minimum Gasteiger partial charge on any atom is -0.350 e. The van der Waals surface area contributed by atoms with Crippen LogP contribution in [0, 0.1) is 12.3 Å². The molecule has 0 aliphatic carbocycles. The molecule has 1 fully saturated rings. The van der Waals surface area contributed by atoms with Gasteiger partial charge < -0.3 is 10.6 Å². The average molecular weight is 349 g/mol. The monoisotopic (exact) mass is 348 g/mol. The molecule has 0 radical (unpaired) electrons. The fourth-order valence-corrected chi connectivity index (χ4v) is 3.01. The predicted molar refractivity (Wildman–Crippen MR) is 98.1 cm³/mol. The van der Waals surface area contributed by atoms with E-state index in [0.717, 1.165) is 37.3 Å². The number of carbonyl (C=O) groups is 1. The van der Waals surface area contributed by atoms with Crippen LogP contribution in [0.4, 0.5) is 0 Å². The summed E-state index contributed by atoms with van der Waals surface area (Å²) in [6.45, 7) is 6.94. The number of hydrogen-bond acceptors (Lipinski definition) is 3. The number of halogens is 1. The van der Waals surface area contributed by atoms with Crippen molar-refractivity contribution in [3.63, 3.8) is 0 Å². The van der Waals surface area contributed by atoms with Crippen molar-refractivity contribution in [2.24, 2.45) is 5.41 Å². The molecule has 3 rings (SSSR count). The Morgan fingerprint density at radius 3 is 2.62 bits per heavy atom. The second kappa shape index (κ2) is 7.81. The molecule has 2 aromatic rings. The maximum absolute atomic E-state index is 12.4. The zero-order valence-corrected chi connectivity index (χ0v) is 15.0. The van der Waals surface area contributed by atoms with Crippen LogP contribution in [0.5, 0.6) is 0 Å². The van der Waals surface area contributed by atoms with Gasteiger partial charge in [-0.2, -0.15) is 5.10 Å². The number of carbonyl (C=O) groups excluding carboxylic acids is 1. The Hall–Kier alpha value is -1.85. The molecule has 1 aliphatic rings. The number of nitrogens with one attached hydrogen (secondary N) is 2. The number of benzene rings is 1. The van der Waals surface area contributed by atoms with E-state index in [0.29, 0.717) is 12.2 Å². The third kappa shape index (κ3) is 4.16. The Kier molecular flexibility index (Phi) is 6.02. The summed E-state index contributed by atoms with van der Waals surface area (Å²) >= 11 is 0. The first-order valence-corrected chi connectivity index (χ1v) is 8.18. The van der Waals surface area contributed by atoms with Crippen molar-refractivity contribution in [3.8, 4) is 5.69 Å². The van der Waals surface area contributed by atoms with Gasteiger partial charge >= 0.3 is 0 Å². The van der Waals surface area contributed by atoms with Crippen molar-refractivity contribution in [3.05, 3.63) is 47.8 Å². The molecule has 0 unspecified atom stereocenters. The van der Waals surface area contributed by atoms with Crippen LogP contribution in [0.15, 0.2) is 36.4 Å². The average Bonchev–Trinajstić information content (AvgIpc) is 2.96. The van der Waals surface area contributed by atoms with Gasteiger partial charge in [0.2, 0.25) is 0 Å². The second-order valence-corrected chi connectivity index (χ2v) is 6.66. The van der Waals surface area contributed by atoms with E-state index in [9.17, 15) is 4.79 Å². The molecule has 5 nitrogen and oxygen atoms in total. The first-order chi connectivity index (χ1) is 11.1. The van der Waals surface area contributed by atoms with Crippen molar-refractivity contribution >= 4 is 18.3 Å². The van der Waals surface area contributed by atoms with Crippen molar-refractivity contribution in [1.29, 1.82) is 0 Å². The molecule has 130 valence electrons. The van der Waals surface area contributed by atoms with Crippen LogP contribution in [0.2, 0.25) is 0 Å². The van der Waals surface area contributed by atoms with Crippen LogP contribution < -0.4 is 10.6 Å². The number of rotatable bonds is 4. The zero-order valence-electron chi connectivity index (χ0n) is 14.2. The van der Waals surface area contributed by atoms with Crippen LogP contribution in [0.1, 0.15) is 35.9 Å². The van der Waals surface area contributed by atoms with Gasteiger partial charge in [-0.05, 0) is 56.5 Å². The van der Waals surface area contributed by atoms with Crippen LogP contribution in [0.25, 0.3) is 5.69 Å². The summed E-state index contributed by atoms with van der Waals surface area (Å²) in [5.74, 6) is -0.0949. The van der Waals surface area contributed by atoms with E-state index in [1.807, 2.05) is 43.3 Å². The van der Waals surface area contributed by atoms with Gasteiger partial charge in [0.15, 0.2) is 5.69 Å². The van der Waals surface area contributed by atoms with Gasteiger partial charge in [0.25, 0.3) is 5.91 Å². The number of piperidine rings is 1. The summed E-state index contributed by atoms with van der Waals surface area (Å²) in [5.41, 5.74) is 2.57. The smallest absolute Gasteiger partial charge is 0.271 e. The molecule has 2 heterocycles. The van der Waals surface area contributed by atoms with Gasteiger partial charge in [-0.3, -0.25) is 4.79 Å². The number of hydrogen-bond donors (Lipinski definition) is 2. The maximum Gasteiger partial charge on any atom is 0.271 e. The highest BCUT2D eigenvalue weighted by Crippen LogP contribution is 2.26. The summed E-state index contributed by atoms with van der Waals surface area (Å²) in [7, 11) is 0. The number of nitrogens with zero attached hydrogens (tertiary/aromatic N) is 2. The highest BCUT2D eigenvalue weighted by atomic mass is 35.5. The quantitative estimate of drug-likeness (QED) is 0.893. The number of amides is 1. The van der Waals surface area contributed by atoms with Crippen LogP contribution in [-0.4, -0.2) is 35.3 Å². The number of aryl methyl sites for hydroxylation is 1. The van der Waals surface area contributed by atoms with E-state index in [2.05, 4.69) is 22.7 Å². The molecule has 24 heavy (non-hydrogen) atoms. The second-order valence-electron chi connectivity index (χ2n) is 6.66. The van der Waals surface area contributed by atoms with Gasteiger partial charge in [-0.1, -0.05) is 25.1 Å². The fraction of sp³-hybridized carbons (Fsp3) is 0.444. The highest BCUT2D eigenvalue weighted by Gasteiger charge is 2.27. The molecule has 0 spiro atoms. The molecule has 0 atom stereocenters. The van der Waals surface area contributed by atoms with E-state index < -0.39 is 0 Å². The highest BCUT2D eigenvalue weighted by molar-refractivity contribution is 5.92. The standard InChI is InChI=1S/C18H24N4O.ClH/c1-14-12-16(21-22(14)15-6-4-3-5-7-15)17(23)20-13-18(2)8-10-19-11-9-18;/h3-7,12,19H,8-11,13H2,1-2H3,(H,20,23);1H. The maximum atomic E-state index is 12.4. The minimum absolute atomic E-state index is 0. The Labute approximate surface area is 149 Å². The van der Waals surface area contributed by atoms with E-state index in [4.69, 9.17) is 0 Å². The summed E-state index contributed by atoms with van der Waals surface area (Å²) < 4.78 is 1.81. The van der Waals surface area contributed by atoms with Gasteiger partial charge in [0.05, 0.1) is 5.69 Å². The molecule has 1 aromatic heterocycles. The summed E-state index contributed by atoms with van der Waals surface area (Å²) in [5, 5.41) is 10.9. The molecule has 0 saturated carbocycles. The normalized spacial score (nSPS) is 16.2. The largest absolute Gasteiger partial charge is 0.350 e. The molecule has 6 heteroatoms. The van der Waals surface area contributed by atoms with Crippen molar-refractivity contribution in [2.75, 3.05) is 19.6 Å². The first-order valence-electron chi connectivity index (χ1n) is 8.18. The number of aromatic nitrogens is 2. The Morgan fingerprint density at radius 1 is 1.29 bits per heavy atom. The molecule has 1 aliphatic heterocycles. The van der Waals surface area contributed by atoms with Crippen LogP contribution >= 0.6 is 12.4 Å². The topological polar surface area (TPSA) is 59.0 Å². The van der Waals surface area contributed by atoms with Gasteiger partial charge in [0.1, 0.15) is 0 Å². The first kappa shape index (κ1) is 18.5. The molecular weight excluding hydrogens is 324 g/mol. The van der Waals surface area contributed by atoms with E-state index >= 15 is 0 Å². The Bertz CT molecular complexity index is 678. The Balaban J connectivity index is 0.00000208. The van der Waals surface area contributed by atoms with Crippen LogP contribution in [-0.2, 0) is 0 Å². The lowest BCUT2D eigenvalue weighted by Crippen LogP contribution is -2.43. The molecule has 1 aromatic carbocycles. The summed E-state index contributed by atoms with van der Waals surface area (Å²) in [4.78, 5) is 12.4. The number of para-hydroxylation sites is 1. The third-order valence-electron chi connectivity index (χ3n) is 4.61.